The van der Waals surface area contributed by atoms with Crippen molar-refractivity contribution >= 4 is 43.1 Å². The molecule has 57 heavy (non-hydrogen) atoms. The summed E-state index contributed by atoms with van der Waals surface area (Å²) in [6.45, 7) is 0. The number of fused-ring (bicyclic) bond motifs is 4. The Kier molecular flexibility index (Phi) is 7.86. The number of pyridine rings is 1. The van der Waals surface area contributed by atoms with Gasteiger partial charge < -0.3 is 4.57 Å². The van der Waals surface area contributed by atoms with E-state index in [0.29, 0.717) is 0 Å². The molecule has 11 rings (SSSR count). The molecule has 0 N–H and O–H groups in total. The van der Waals surface area contributed by atoms with Crippen LogP contribution in [0, 0.1) is 0 Å². The Bertz CT molecular complexity index is 3210. The van der Waals surface area contributed by atoms with Gasteiger partial charge in [0.15, 0.2) is 0 Å². The van der Waals surface area contributed by atoms with Gasteiger partial charge in [-0.15, -0.1) is 0 Å². The molecule has 2 nitrogen and oxygen atoms in total. The average molecular weight is 725 g/mol. The van der Waals surface area contributed by atoms with E-state index in [1.54, 1.807) is 0 Å². The first-order valence-electron chi connectivity index (χ1n) is 19.5. The topological polar surface area (TPSA) is 17.8 Å². The zero-order chi connectivity index (χ0) is 37.7. The molecule has 0 unspecified atom stereocenters. The number of rotatable bonds is 6. The van der Waals surface area contributed by atoms with Crippen molar-refractivity contribution in [3.05, 3.63) is 219 Å². The zero-order valence-electron chi connectivity index (χ0n) is 31.2. The lowest BCUT2D eigenvalue weighted by Gasteiger charge is -2.19. The van der Waals surface area contributed by atoms with E-state index < -0.39 is 0 Å². The smallest absolute Gasteiger partial charge is 0.0703 e. The van der Waals surface area contributed by atoms with Crippen LogP contribution in [0.15, 0.2) is 219 Å². The Hall–Kier alpha value is -7.55. The van der Waals surface area contributed by atoms with Gasteiger partial charge in [-0.25, -0.2) is 0 Å². The van der Waals surface area contributed by atoms with E-state index in [0.717, 1.165) is 39.5 Å². The molecule has 266 valence electrons. The fourth-order valence-electron chi connectivity index (χ4n) is 8.72. The summed E-state index contributed by atoms with van der Waals surface area (Å²) in [5.41, 5.74) is 12.5. The van der Waals surface area contributed by atoms with E-state index in [4.69, 9.17) is 4.98 Å². The Morgan fingerprint density at radius 2 is 0.772 bits per heavy atom. The summed E-state index contributed by atoms with van der Waals surface area (Å²) in [5.74, 6) is 0. The van der Waals surface area contributed by atoms with Crippen molar-refractivity contribution in [2.75, 3.05) is 0 Å². The van der Waals surface area contributed by atoms with E-state index in [9.17, 15) is 0 Å². The molecule has 0 fully saturated rings. The molecular weight excluding hydrogens is 689 g/mol. The number of aromatic nitrogens is 2. The largest absolute Gasteiger partial charge is 0.308 e. The maximum absolute atomic E-state index is 5.18. The van der Waals surface area contributed by atoms with Crippen LogP contribution < -0.4 is 0 Å². The van der Waals surface area contributed by atoms with E-state index >= 15 is 0 Å². The van der Waals surface area contributed by atoms with Gasteiger partial charge in [0.1, 0.15) is 0 Å². The van der Waals surface area contributed by atoms with Gasteiger partial charge in [0, 0.05) is 5.56 Å². The van der Waals surface area contributed by atoms with Crippen LogP contribution in [-0.2, 0) is 0 Å². The zero-order valence-corrected chi connectivity index (χ0v) is 31.2. The SMILES string of the molecule is c1ccc(-c2ccc(-c3ccccc3)n2-c2ccc(-c3ccc4c(-c5ccc6ccccc6c5)c5ccccc5c(-c5ccc6ccccc6c5)c4c3)nc2)cc1. The summed E-state index contributed by atoms with van der Waals surface area (Å²) in [6.07, 6.45) is 2.02. The number of nitrogens with zero attached hydrogens (tertiary/aromatic N) is 2. The van der Waals surface area contributed by atoms with Crippen LogP contribution in [0.5, 0.6) is 0 Å². The Labute approximate surface area is 331 Å². The molecular formula is C55H36N2. The van der Waals surface area contributed by atoms with Crippen LogP contribution in [0.4, 0.5) is 0 Å². The monoisotopic (exact) mass is 724 g/mol. The summed E-state index contributed by atoms with van der Waals surface area (Å²) in [6, 6.07) is 76.8. The first-order chi connectivity index (χ1) is 28.3. The van der Waals surface area contributed by atoms with Crippen LogP contribution in [-0.4, -0.2) is 9.55 Å². The van der Waals surface area contributed by atoms with Gasteiger partial charge in [0.25, 0.3) is 0 Å². The third-order valence-electron chi connectivity index (χ3n) is 11.4. The van der Waals surface area contributed by atoms with Gasteiger partial charge in [0.2, 0.25) is 0 Å². The summed E-state index contributed by atoms with van der Waals surface area (Å²) in [4.78, 5) is 5.18. The van der Waals surface area contributed by atoms with E-state index in [1.165, 1.54) is 65.3 Å². The van der Waals surface area contributed by atoms with Crippen LogP contribution in [0.2, 0.25) is 0 Å². The van der Waals surface area contributed by atoms with Crippen LogP contribution in [0.1, 0.15) is 0 Å². The second-order valence-electron chi connectivity index (χ2n) is 14.8. The highest BCUT2D eigenvalue weighted by Gasteiger charge is 2.19. The van der Waals surface area contributed by atoms with Gasteiger partial charge in [-0.2, -0.15) is 0 Å². The van der Waals surface area contributed by atoms with Crippen molar-refractivity contribution in [2.45, 2.75) is 0 Å². The first-order valence-corrected chi connectivity index (χ1v) is 19.5. The second kappa shape index (κ2) is 13.6. The molecule has 2 heterocycles. The number of hydrogen-bond donors (Lipinski definition) is 0. The van der Waals surface area contributed by atoms with Gasteiger partial charge >= 0.3 is 0 Å². The Morgan fingerprint density at radius 3 is 1.32 bits per heavy atom. The molecule has 0 atom stereocenters. The van der Waals surface area contributed by atoms with Gasteiger partial charge in [-0.3, -0.25) is 4.98 Å². The number of benzene rings is 9. The molecule has 0 amide bonds. The van der Waals surface area contributed by atoms with Crippen LogP contribution in [0.25, 0.3) is 105 Å². The summed E-state index contributed by atoms with van der Waals surface area (Å²) < 4.78 is 2.32. The normalized spacial score (nSPS) is 11.5. The van der Waals surface area contributed by atoms with Crippen molar-refractivity contribution in [3.63, 3.8) is 0 Å². The highest BCUT2D eigenvalue weighted by Crippen LogP contribution is 2.46. The maximum atomic E-state index is 5.18. The minimum Gasteiger partial charge on any atom is -0.308 e. The van der Waals surface area contributed by atoms with Crippen molar-refractivity contribution < 1.29 is 0 Å². The minimum absolute atomic E-state index is 0.931. The predicted octanol–water partition coefficient (Wildman–Crippen LogP) is 14.8. The third kappa shape index (κ3) is 5.70. The van der Waals surface area contributed by atoms with E-state index in [1.807, 2.05) is 6.20 Å². The van der Waals surface area contributed by atoms with Crippen molar-refractivity contribution in [3.8, 4) is 61.7 Å². The first kappa shape index (κ1) is 32.8. The Morgan fingerprint density at radius 1 is 0.298 bits per heavy atom. The standard InChI is InChI=1S/C55H36N2/c1-3-15-39(16-4-1)52-31-32-53(40-17-5-2-6-18-40)57(52)46-28-30-51(56-36-46)43-27-29-49-50(35-43)55(45-26-24-38-14-8-10-20-42(38)34-45)48-22-12-11-21-47(48)54(49)44-25-23-37-13-7-9-19-41(37)33-44/h1-36H. The van der Waals surface area contributed by atoms with Crippen molar-refractivity contribution in [1.29, 1.82) is 0 Å². The average Bonchev–Trinajstić information content (AvgIpc) is 3.74. The van der Waals surface area contributed by atoms with E-state index in [2.05, 4.69) is 217 Å². The molecule has 0 aliphatic heterocycles. The third-order valence-corrected chi connectivity index (χ3v) is 11.4. The number of hydrogen-bond acceptors (Lipinski definition) is 1. The van der Waals surface area contributed by atoms with Crippen molar-refractivity contribution in [1.82, 2.24) is 9.55 Å². The quantitative estimate of drug-likeness (QED) is 0.156. The summed E-state index contributed by atoms with van der Waals surface area (Å²) in [7, 11) is 0. The summed E-state index contributed by atoms with van der Waals surface area (Å²) >= 11 is 0. The van der Waals surface area contributed by atoms with E-state index in [-0.39, 0.29) is 0 Å². The molecule has 2 heteroatoms. The molecule has 0 aliphatic rings. The predicted molar refractivity (Wildman–Crippen MR) is 241 cm³/mol. The lowest BCUT2D eigenvalue weighted by atomic mass is 9.84. The molecule has 0 saturated heterocycles. The minimum atomic E-state index is 0.931. The molecule has 0 saturated carbocycles. The molecule has 2 aromatic heterocycles. The highest BCUT2D eigenvalue weighted by molar-refractivity contribution is 6.22. The molecule has 11 aromatic rings. The maximum Gasteiger partial charge on any atom is 0.0703 e. The van der Waals surface area contributed by atoms with Crippen molar-refractivity contribution in [2.24, 2.45) is 0 Å². The molecule has 0 bridgehead atoms. The lowest BCUT2D eigenvalue weighted by Crippen LogP contribution is -2.00. The second-order valence-corrected chi connectivity index (χ2v) is 14.8. The van der Waals surface area contributed by atoms with Gasteiger partial charge in [-0.1, -0.05) is 170 Å². The molecule has 9 aromatic carbocycles. The fraction of sp³-hybridized carbons (Fsp3) is 0. The fourth-order valence-corrected chi connectivity index (χ4v) is 8.72. The molecule has 0 radical (unpaired) electrons. The lowest BCUT2D eigenvalue weighted by molar-refractivity contribution is 1.07. The molecule has 0 aliphatic carbocycles. The van der Waals surface area contributed by atoms with Crippen LogP contribution >= 0.6 is 0 Å². The molecule has 0 spiro atoms. The Balaban J connectivity index is 1.12. The summed E-state index contributed by atoms with van der Waals surface area (Å²) in [5, 5.41) is 9.85. The van der Waals surface area contributed by atoms with Gasteiger partial charge in [-0.05, 0) is 119 Å². The van der Waals surface area contributed by atoms with Gasteiger partial charge in [0.05, 0.1) is 29.0 Å². The highest BCUT2D eigenvalue weighted by atomic mass is 15.0. The van der Waals surface area contributed by atoms with Crippen LogP contribution in [0.3, 0.4) is 0 Å².